The number of methoxy groups -OCH3 is 2. The number of aryl methyl sites for hydroxylation is 1. The lowest BCUT2D eigenvalue weighted by Crippen LogP contribution is -2.49. The van der Waals surface area contributed by atoms with Crippen LogP contribution in [-0.4, -0.2) is 56.1 Å². The normalized spacial score (nSPS) is 18.7. The molecule has 142 valence electrons. The topological polar surface area (TPSA) is 85.7 Å². The van der Waals surface area contributed by atoms with Gasteiger partial charge >= 0.3 is 0 Å². The third-order valence-electron chi connectivity index (χ3n) is 4.38. The number of nitrogens with zero attached hydrogens (tertiary/aromatic N) is 3. The second-order valence-electron chi connectivity index (χ2n) is 5.87. The first-order valence-electron chi connectivity index (χ1n) is 8.01. The summed E-state index contributed by atoms with van der Waals surface area (Å²) in [5, 5.41) is 3.16. The van der Waals surface area contributed by atoms with Crippen molar-refractivity contribution in [2.24, 2.45) is 7.05 Å². The molecule has 1 aliphatic heterocycles. The van der Waals surface area contributed by atoms with E-state index in [-0.39, 0.29) is 18.0 Å². The molecule has 1 unspecified atom stereocenters. The molecule has 0 spiro atoms. The number of ether oxygens (including phenoxy) is 2. The molecule has 1 aliphatic rings. The average Bonchev–Trinajstić information content (AvgIpc) is 3.07. The monoisotopic (exact) mass is 384 g/mol. The number of hydrogen-bond acceptors (Lipinski definition) is 6. The summed E-state index contributed by atoms with van der Waals surface area (Å²) in [7, 11) is 0.406. The fraction of sp³-hybridized carbons (Fsp3) is 0.438. The fourth-order valence-corrected chi connectivity index (χ4v) is 4.70. The van der Waals surface area contributed by atoms with Gasteiger partial charge in [0.2, 0.25) is 10.0 Å². The highest BCUT2D eigenvalue weighted by molar-refractivity contribution is 7.89. The minimum atomic E-state index is -4.11. The van der Waals surface area contributed by atoms with Crippen LogP contribution >= 0.6 is 0 Å². The lowest BCUT2D eigenvalue weighted by atomic mass is 10.2. The maximum atomic E-state index is 14.6. The molecule has 1 saturated heterocycles. The molecule has 1 atom stereocenters. The number of piperazine rings is 1. The highest BCUT2D eigenvalue weighted by atomic mass is 32.2. The highest BCUT2D eigenvalue weighted by Crippen LogP contribution is 2.35. The van der Waals surface area contributed by atoms with Crippen molar-refractivity contribution in [2.75, 3.05) is 33.9 Å². The van der Waals surface area contributed by atoms with Crippen LogP contribution in [0.2, 0.25) is 0 Å². The summed E-state index contributed by atoms with van der Waals surface area (Å²) >= 11 is 0. The Labute approximate surface area is 151 Å². The first kappa shape index (κ1) is 18.6. The third-order valence-corrected chi connectivity index (χ3v) is 6.30. The van der Waals surface area contributed by atoms with Gasteiger partial charge in [0.1, 0.15) is 16.5 Å². The van der Waals surface area contributed by atoms with Gasteiger partial charge in [-0.15, -0.1) is 0 Å². The minimum Gasteiger partial charge on any atom is -0.493 e. The van der Waals surface area contributed by atoms with Crippen LogP contribution in [0.25, 0.3) is 0 Å². The van der Waals surface area contributed by atoms with E-state index in [4.69, 9.17) is 9.47 Å². The van der Waals surface area contributed by atoms with E-state index in [0.717, 1.165) is 12.1 Å². The first-order valence-corrected chi connectivity index (χ1v) is 9.45. The van der Waals surface area contributed by atoms with E-state index in [0.29, 0.717) is 18.9 Å². The zero-order valence-corrected chi connectivity index (χ0v) is 15.6. The van der Waals surface area contributed by atoms with E-state index in [1.54, 1.807) is 24.0 Å². The van der Waals surface area contributed by atoms with Crippen LogP contribution in [-0.2, 0) is 17.1 Å². The average molecular weight is 384 g/mol. The van der Waals surface area contributed by atoms with E-state index in [2.05, 4.69) is 10.3 Å². The Hall–Kier alpha value is -2.17. The Morgan fingerprint density at radius 1 is 1.27 bits per heavy atom. The zero-order valence-electron chi connectivity index (χ0n) is 14.8. The molecule has 1 fully saturated rings. The Morgan fingerprint density at radius 2 is 1.96 bits per heavy atom. The summed E-state index contributed by atoms with van der Waals surface area (Å²) in [5.74, 6) is -0.0255. The lowest BCUT2D eigenvalue weighted by molar-refractivity contribution is 0.257. The standard InChI is InChI=1S/C16H21FN4O4S/c1-20-6-5-19-16(20)12-10-18-4-7-21(12)26(22,23)15-9-14(25-3)13(24-2)8-11(15)17/h5-6,8-9,12,18H,4,7,10H2,1-3H3. The van der Waals surface area contributed by atoms with Gasteiger partial charge in [-0.2, -0.15) is 4.31 Å². The number of benzene rings is 1. The van der Waals surface area contributed by atoms with Crippen molar-refractivity contribution in [3.63, 3.8) is 0 Å². The molecule has 8 nitrogen and oxygen atoms in total. The van der Waals surface area contributed by atoms with Crippen molar-refractivity contribution in [2.45, 2.75) is 10.9 Å². The van der Waals surface area contributed by atoms with Crippen LogP contribution in [0.3, 0.4) is 0 Å². The molecule has 0 aliphatic carbocycles. The quantitative estimate of drug-likeness (QED) is 0.825. The summed E-state index contributed by atoms with van der Waals surface area (Å²) in [6, 6.07) is 1.63. The largest absolute Gasteiger partial charge is 0.493 e. The number of nitrogens with one attached hydrogen (secondary N) is 1. The number of hydrogen-bond donors (Lipinski definition) is 1. The number of imidazole rings is 1. The van der Waals surface area contributed by atoms with Gasteiger partial charge in [-0.25, -0.2) is 17.8 Å². The molecule has 3 rings (SSSR count). The third kappa shape index (κ3) is 3.15. The number of halogens is 1. The van der Waals surface area contributed by atoms with Gasteiger partial charge < -0.3 is 19.4 Å². The summed E-state index contributed by atoms with van der Waals surface area (Å²) < 4.78 is 54.2. The minimum absolute atomic E-state index is 0.130. The highest BCUT2D eigenvalue weighted by Gasteiger charge is 2.38. The number of aromatic nitrogens is 2. The Morgan fingerprint density at radius 3 is 2.58 bits per heavy atom. The predicted octanol–water partition coefficient (Wildman–Crippen LogP) is 0.912. The summed E-state index contributed by atoms with van der Waals surface area (Å²) in [5.41, 5.74) is 0. The van der Waals surface area contributed by atoms with Gasteiger partial charge in [-0.3, -0.25) is 0 Å². The van der Waals surface area contributed by atoms with Crippen molar-refractivity contribution in [3.05, 3.63) is 36.2 Å². The van der Waals surface area contributed by atoms with Crippen LogP contribution in [0.1, 0.15) is 11.9 Å². The number of rotatable bonds is 5. The zero-order chi connectivity index (χ0) is 18.9. The smallest absolute Gasteiger partial charge is 0.246 e. The Bertz CT molecular complexity index is 900. The molecular weight excluding hydrogens is 363 g/mol. The van der Waals surface area contributed by atoms with Gasteiger partial charge in [0, 0.05) is 51.2 Å². The molecule has 0 bridgehead atoms. The molecule has 26 heavy (non-hydrogen) atoms. The molecule has 0 radical (unpaired) electrons. The molecule has 0 amide bonds. The van der Waals surface area contributed by atoms with E-state index in [1.807, 2.05) is 0 Å². The van der Waals surface area contributed by atoms with Gasteiger partial charge in [-0.1, -0.05) is 0 Å². The molecule has 0 saturated carbocycles. The molecular formula is C16H21FN4O4S. The molecule has 2 aromatic rings. The Balaban J connectivity index is 2.07. The molecule has 1 aromatic heterocycles. The molecule has 2 heterocycles. The van der Waals surface area contributed by atoms with Crippen molar-refractivity contribution in [1.29, 1.82) is 0 Å². The van der Waals surface area contributed by atoms with Gasteiger partial charge in [-0.05, 0) is 0 Å². The van der Waals surface area contributed by atoms with Gasteiger partial charge in [0.05, 0.1) is 20.3 Å². The maximum Gasteiger partial charge on any atom is 0.246 e. The van der Waals surface area contributed by atoms with Crippen LogP contribution in [0.4, 0.5) is 4.39 Å². The second kappa shape index (κ2) is 7.22. The first-order chi connectivity index (χ1) is 12.4. The second-order valence-corrected chi connectivity index (χ2v) is 7.73. The van der Waals surface area contributed by atoms with Crippen molar-refractivity contribution >= 4 is 10.0 Å². The fourth-order valence-electron chi connectivity index (χ4n) is 3.05. The molecule has 1 N–H and O–H groups in total. The van der Waals surface area contributed by atoms with Crippen LogP contribution < -0.4 is 14.8 Å². The van der Waals surface area contributed by atoms with Crippen LogP contribution in [0.15, 0.2) is 29.4 Å². The Kier molecular flexibility index (Phi) is 5.17. The van der Waals surface area contributed by atoms with Crippen LogP contribution in [0.5, 0.6) is 11.5 Å². The van der Waals surface area contributed by atoms with Crippen LogP contribution in [0, 0.1) is 5.82 Å². The summed E-state index contributed by atoms with van der Waals surface area (Å²) in [6.45, 7) is 1.06. The molecule has 10 heteroatoms. The molecule has 1 aromatic carbocycles. The predicted molar refractivity (Wildman–Crippen MR) is 92.2 cm³/mol. The SMILES string of the molecule is COc1cc(F)c(S(=O)(=O)N2CCNCC2c2nccn2C)cc1OC. The maximum absolute atomic E-state index is 14.6. The van der Waals surface area contributed by atoms with Gasteiger partial charge in [0.25, 0.3) is 0 Å². The summed E-state index contributed by atoms with van der Waals surface area (Å²) in [6.07, 6.45) is 3.34. The van der Waals surface area contributed by atoms with Crippen molar-refractivity contribution < 1.29 is 22.3 Å². The van der Waals surface area contributed by atoms with E-state index >= 15 is 0 Å². The van der Waals surface area contributed by atoms with E-state index < -0.39 is 26.8 Å². The van der Waals surface area contributed by atoms with Crippen molar-refractivity contribution in [3.8, 4) is 11.5 Å². The summed E-state index contributed by atoms with van der Waals surface area (Å²) in [4.78, 5) is 3.81. The van der Waals surface area contributed by atoms with E-state index in [1.165, 1.54) is 18.5 Å². The van der Waals surface area contributed by atoms with Crippen molar-refractivity contribution in [1.82, 2.24) is 19.2 Å². The van der Waals surface area contributed by atoms with E-state index in [9.17, 15) is 12.8 Å². The van der Waals surface area contributed by atoms with Gasteiger partial charge in [0.15, 0.2) is 11.5 Å². The number of sulfonamides is 1. The lowest BCUT2D eigenvalue weighted by Gasteiger charge is -2.34.